The molecule has 4 heteroatoms. The van der Waals surface area contributed by atoms with E-state index in [0.29, 0.717) is 6.42 Å². The Kier molecular flexibility index (Phi) is 4.56. The minimum atomic E-state index is -0.793. The molecule has 1 atom stereocenters. The zero-order chi connectivity index (χ0) is 14.5. The molecule has 1 aromatic carbocycles. The smallest absolute Gasteiger partial charge is 0.311 e. The highest BCUT2D eigenvalue weighted by molar-refractivity contribution is 5.76. The Bertz CT molecular complexity index is 575. The highest BCUT2D eigenvalue weighted by Gasteiger charge is 2.22. The molecule has 20 heavy (non-hydrogen) atoms. The van der Waals surface area contributed by atoms with Crippen molar-refractivity contribution in [3.63, 3.8) is 0 Å². The average Bonchev–Trinajstić information content (AvgIpc) is 2.87. The minimum absolute atomic E-state index is 0.472. The number of carboxylic acid groups (broad SMARTS) is 1. The predicted octanol–water partition coefficient (Wildman–Crippen LogP) is 2.88. The first-order valence-corrected chi connectivity index (χ1v) is 6.99. The summed E-state index contributed by atoms with van der Waals surface area (Å²) in [5, 5.41) is 14.0. The Hall–Kier alpha value is -2.10. The van der Waals surface area contributed by atoms with Crippen molar-refractivity contribution < 1.29 is 9.90 Å². The zero-order valence-corrected chi connectivity index (χ0v) is 11.9. The van der Waals surface area contributed by atoms with Crippen molar-refractivity contribution in [3.05, 3.63) is 53.3 Å². The van der Waals surface area contributed by atoms with Gasteiger partial charge in [-0.25, -0.2) is 0 Å². The number of hydrogen-bond donors (Lipinski definition) is 1. The van der Waals surface area contributed by atoms with Crippen LogP contribution >= 0.6 is 0 Å². The van der Waals surface area contributed by atoms with Crippen molar-refractivity contribution in [2.24, 2.45) is 0 Å². The number of aromatic nitrogens is 2. The van der Waals surface area contributed by atoms with Crippen LogP contribution in [0.25, 0.3) is 0 Å². The monoisotopic (exact) mass is 272 g/mol. The molecule has 0 aliphatic rings. The second kappa shape index (κ2) is 6.37. The number of aryl methyl sites for hydroxylation is 2. The van der Waals surface area contributed by atoms with Gasteiger partial charge in [0.1, 0.15) is 0 Å². The molecule has 0 saturated carbocycles. The van der Waals surface area contributed by atoms with E-state index in [0.717, 1.165) is 29.9 Å². The van der Waals surface area contributed by atoms with Gasteiger partial charge >= 0.3 is 5.97 Å². The summed E-state index contributed by atoms with van der Waals surface area (Å²) in [5.74, 6) is -1.32. The largest absolute Gasteiger partial charge is 0.481 e. The molecule has 4 nitrogen and oxygen atoms in total. The summed E-state index contributed by atoms with van der Waals surface area (Å²) >= 11 is 0. The van der Waals surface area contributed by atoms with Crippen LogP contribution in [0.3, 0.4) is 0 Å². The number of carboxylic acids is 1. The molecule has 1 heterocycles. The lowest BCUT2D eigenvalue weighted by Crippen LogP contribution is -2.16. The van der Waals surface area contributed by atoms with E-state index in [1.54, 1.807) is 0 Å². The molecule has 0 aliphatic carbocycles. The summed E-state index contributed by atoms with van der Waals surface area (Å²) in [7, 11) is 0. The van der Waals surface area contributed by atoms with Crippen molar-refractivity contribution in [1.29, 1.82) is 0 Å². The fourth-order valence-electron chi connectivity index (χ4n) is 2.37. The Morgan fingerprint density at radius 2 is 2.00 bits per heavy atom. The van der Waals surface area contributed by atoms with Gasteiger partial charge in [-0.3, -0.25) is 9.48 Å². The topological polar surface area (TPSA) is 55.1 Å². The van der Waals surface area contributed by atoms with Gasteiger partial charge in [0.2, 0.25) is 0 Å². The van der Waals surface area contributed by atoms with Crippen LogP contribution in [-0.4, -0.2) is 20.9 Å². The van der Waals surface area contributed by atoms with Gasteiger partial charge in [0.15, 0.2) is 0 Å². The Morgan fingerprint density at radius 1 is 1.30 bits per heavy atom. The molecule has 1 unspecified atom stereocenters. The van der Waals surface area contributed by atoms with Crippen molar-refractivity contribution >= 4 is 5.97 Å². The maximum Gasteiger partial charge on any atom is 0.311 e. The molecule has 0 fully saturated rings. The molecule has 0 amide bonds. The second-order valence-electron chi connectivity index (χ2n) is 4.80. The number of hydrogen-bond acceptors (Lipinski definition) is 2. The molecule has 2 aromatic rings. The van der Waals surface area contributed by atoms with Gasteiger partial charge < -0.3 is 5.11 Å². The van der Waals surface area contributed by atoms with Gasteiger partial charge in [-0.15, -0.1) is 0 Å². The van der Waals surface area contributed by atoms with Crippen LogP contribution < -0.4 is 0 Å². The molecule has 0 aliphatic heterocycles. The van der Waals surface area contributed by atoms with Crippen LogP contribution in [0, 0.1) is 0 Å². The number of rotatable bonds is 6. The Labute approximate surface area is 119 Å². The van der Waals surface area contributed by atoms with E-state index in [1.165, 1.54) is 0 Å². The number of nitrogens with zero attached hydrogens (tertiary/aromatic N) is 2. The lowest BCUT2D eigenvalue weighted by molar-refractivity contribution is -0.138. The number of benzene rings is 1. The lowest BCUT2D eigenvalue weighted by Gasteiger charge is -2.13. The fourth-order valence-corrected chi connectivity index (χ4v) is 2.37. The summed E-state index contributed by atoms with van der Waals surface area (Å²) in [6.45, 7) is 4.84. The Balaban J connectivity index is 2.29. The molecular weight excluding hydrogens is 252 g/mol. The van der Waals surface area contributed by atoms with Crippen molar-refractivity contribution in [2.45, 2.75) is 39.2 Å². The molecule has 0 bridgehead atoms. The standard InChI is InChI=1S/C16H20N2O2/c1-3-13-10-14(18(4-2)17-13)11-15(16(19)20)12-8-6-5-7-9-12/h5-10,15H,3-4,11H2,1-2H3,(H,19,20). The first kappa shape index (κ1) is 14.3. The predicted molar refractivity (Wildman–Crippen MR) is 77.8 cm³/mol. The van der Waals surface area contributed by atoms with Crippen LogP contribution in [0.2, 0.25) is 0 Å². The molecule has 0 spiro atoms. The van der Waals surface area contributed by atoms with Gasteiger partial charge in [-0.05, 0) is 25.0 Å². The number of aliphatic carboxylic acids is 1. The van der Waals surface area contributed by atoms with Gasteiger partial charge in [-0.1, -0.05) is 37.3 Å². The average molecular weight is 272 g/mol. The lowest BCUT2D eigenvalue weighted by atomic mass is 9.94. The SMILES string of the molecule is CCc1cc(CC(C(=O)O)c2ccccc2)n(CC)n1. The quantitative estimate of drug-likeness (QED) is 0.879. The summed E-state index contributed by atoms with van der Waals surface area (Å²) < 4.78 is 1.90. The van der Waals surface area contributed by atoms with E-state index >= 15 is 0 Å². The van der Waals surface area contributed by atoms with Crippen LogP contribution in [0.15, 0.2) is 36.4 Å². The number of carbonyl (C=O) groups is 1. The maximum absolute atomic E-state index is 11.6. The fraction of sp³-hybridized carbons (Fsp3) is 0.375. The maximum atomic E-state index is 11.6. The third-order valence-corrected chi connectivity index (χ3v) is 3.49. The summed E-state index contributed by atoms with van der Waals surface area (Å²) in [6.07, 6.45) is 1.34. The highest BCUT2D eigenvalue weighted by atomic mass is 16.4. The first-order chi connectivity index (χ1) is 9.65. The van der Waals surface area contributed by atoms with Crippen LogP contribution in [0.4, 0.5) is 0 Å². The van der Waals surface area contributed by atoms with E-state index in [-0.39, 0.29) is 0 Å². The van der Waals surface area contributed by atoms with E-state index in [2.05, 4.69) is 12.0 Å². The summed E-state index contributed by atoms with van der Waals surface area (Å²) in [5.41, 5.74) is 2.83. The van der Waals surface area contributed by atoms with E-state index in [4.69, 9.17) is 0 Å². The molecular formula is C16H20N2O2. The molecule has 1 aromatic heterocycles. The third kappa shape index (κ3) is 3.07. The highest BCUT2D eigenvalue weighted by Crippen LogP contribution is 2.22. The van der Waals surface area contributed by atoms with Crippen molar-refractivity contribution in [2.75, 3.05) is 0 Å². The van der Waals surface area contributed by atoms with E-state index < -0.39 is 11.9 Å². The first-order valence-electron chi connectivity index (χ1n) is 6.99. The minimum Gasteiger partial charge on any atom is -0.481 e. The normalized spacial score (nSPS) is 12.3. The molecule has 0 radical (unpaired) electrons. The zero-order valence-electron chi connectivity index (χ0n) is 11.9. The summed E-state index contributed by atoms with van der Waals surface area (Å²) in [4.78, 5) is 11.6. The molecule has 1 N–H and O–H groups in total. The summed E-state index contributed by atoms with van der Waals surface area (Å²) in [6, 6.07) is 11.4. The van der Waals surface area contributed by atoms with Gasteiger partial charge in [0.25, 0.3) is 0 Å². The van der Waals surface area contributed by atoms with Crippen LogP contribution in [-0.2, 0) is 24.2 Å². The molecule has 2 rings (SSSR count). The third-order valence-electron chi connectivity index (χ3n) is 3.49. The van der Waals surface area contributed by atoms with E-state index in [9.17, 15) is 9.90 Å². The second-order valence-corrected chi connectivity index (χ2v) is 4.80. The van der Waals surface area contributed by atoms with Gasteiger partial charge in [0.05, 0.1) is 11.6 Å². The van der Waals surface area contributed by atoms with Gasteiger partial charge in [0, 0.05) is 18.7 Å². The van der Waals surface area contributed by atoms with Crippen LogP contribution in [0.5, 0.6) is 0 Å². The van der Waals surface area contributed by atoms with Crippen molar-refractivity contribution in [3.8, 4) is 0 Å². The molecule has 0 saturated heterocycles. The Morgan fingerprint density at radius 3 is 2.55 bits per heavy atom. The van der Waals surface area contributed by atoms with Crippen molar-refractivity contribution in [1.82, 2.24) is 9.78 Å². The van der Waals surface area contributed by atoms with E-state index in [1.807, 2.05) is 48.0 Å². The van der Waals surface area contributed by atoms with Gasteiger partial charge in [-0.2, -0.15) is 5.10 Å². The van der Waals surface area contributed by atoms with Crippen LogP contribution in [0.1, 0.15) is 36.7 Å². The molecule has 106 valence electrons.